The molecule has 0 unspecified atom stereocenters. The Morgan fingerprint density at radius 3 is 1.69 bits per heavy atom. The van der Waals surface area contributed by atoms with Gasteiger partial charge >= 0.3 is 0 Å². The molecule has 9 rings (SSSR count). The molecule has 0 atom stereocenters. The summed E-state index contributed by atoms with van der Waals surface area (Å²) < 4.78 is 0. The molecule has 5 heteroatoms. The van der Waals surface area contributed by atoms with Crippen LogP contribution in [0.5, 0.6) is 0 Å². The number of aromatic nitrogens is 5. The first kappa shape index (κ1) is 27.7. The molecule has 0 amide bonds. The molecule has 0 radical (unpaired) electrons. The van der Waals surface area contributed by atoms with Crippen LogP contribution in [0.4, 0.5) is 0 Å². The Hall–Kier alpha value is -6.59. The predicted molar refractivity (Wildman–Crippen MR) is 195 cm³/mol. The highest BCUT2D eigenvalue weighted by atomic mass is 14.8. The molecule has 0 fully saturated rings. The minimum Gasteiger partial charge on any atom is -0.255 e. The second-order valence-electron chi connectivity index (χ2n) is 11.7. The average Bonchev–Trinajstić information content (AvgIpc) is 3.17. The van der Waals surface area contributed by atoms with Gasteiger partial charge in [-0.2, -0.15) is 0 Å². The Bertz CT molecular complexity index is 2530. The Kier molecular flexibility index (Phi) is 6.72. The Morgan fingerprint density at radius 2 is 0.979 bits per heavy atom. The van der Waals surface area contributed by atoms with E-state index in [9.17, 15) is 0 Å². The molecular formula is C43H27N5. The molecule has 5 nitrogen and oxygen atoms in total. The number of benzene rings is 4. The maximum Gasteiger partial charge on any atom is 0.0978 e. The van der Waals surface area contributed by atoms with Gasteiger partial charge < -0.3 is 0 Å². The van der Waals surface area contributed by atoms with Crippen LogP contribution in [0.2, 0.25) is 0 Å². The van der Waals surface area contributed by atoms with Gasteiger partial charge in [-0.3, -0.25) is 9.97 Å². The first-order chi connectivity index (χ1) is 23.8. The predicted octanol–water partition coefficient (Wildman–Crippen LogP) is 10.5. The van der Waals surface area contributed by atoms with E-state index in [4.69, 9.17) is 15.0 Å². The van der Waals surface area contributed by atoms with E-state index >= 15 is 0 Å². The van der Waals surface area contributed by atoms with Crippen molar-refractivity contribution < 1.29 is 0 Å². The zero-order chi connectivity index (χ0) is 31.9. The monoisotopic (exact) mass is 613 g/mol. The second-order valence-corrected chi connectivity index (χ2v) is 11.7. The quantitative estimate of drug-likeness (QED) is 0.143. The van der Waals surface area contributed by atoms with Crippen molar-refractivity contribution in [3.05, 3.63) is 164 Å². The van der Waals surface area contributed by atoms with Crippen LogP contribution < -0.4 is 0 Å². The highest BCUT2D eigenvalue weighted by Gasteiger charge is 2.15. The van der Waals surface area contributed by atoms with Crippen LogP contribution in [0.15, 0.2) is 164 Å². The largest absolute Gasteiger partial charge is 0.255 e. The fourth-order valence-corrected chi connectivity index (χ4v) is 6.43. The van der Waals surface area contributed by atoms with Gasteiger partial charge in [-0.05, 0) is 65.2 Å². The van der Waals surface area contributed by atoms with Crippen molar-refractivity contribution in [2.24, 2.45) is 0 Å². The lowest BCUT2D eigenvalue weighted by Gasteiger charge is -2.13. The average molecular weight is 614 g/mol. The topological polar surface area (TPSA) is 64.5 Å². The normalized spacial score (nSPS) is 11.3. The van der Waals surface area contributed by atoms with E-state index in [0.29, 0.717) is 0 Å². The zero-order valence-electron chi connectivity index (χ0n) is 25.8. The van der Waals surface area contributed by atoms with Crippen LogP contribution in [0.1, 0.15) is 0 Å². The van der Waals surface area contributed by atoms with Crippen molar-refractivity contribution in [2.75, 3.05) is 0 Å². The number of fused-ring (bicyclic) bond motifs is 4. The lowest BCUT2D eigenvalue weighted by molar-refractivity contribution is 1.22. The van der Waals surface area contributed by atoms with Crippen LogP contribution >= 0.6 is 0 Å². The van der Waals surface area contributed by atoms with Gasteiger partial charge in [0, 0.05) is 39.7 Å². The minimum absolute atomic E-state index is 0.802. The summed E-state index contributed by atoms with van der Waals surface area (Å²) in [7, 11) is 0. The van der Waals surface area contributed by atoms with E-state index < -0.39 is 0 Å². The molecule has 48 heavy (non-hydrogen) atoms. The molecule has 0 saturated carbocycles. The number of rotatable bonds is 5. The first-order valence-corrected chi connectivity index (χ1v) is 15.9. The van der Waals surface area contributed by atoms with Crippen molar-refractivity contribution in [2.45, 2.75) is 0 Å². The van der Waals surface area contributed by atoms with Crippen LogP contribution in [0, 0.1) is 0 Å². The molecule has 0 bridgehead atoms. The smallest absolute Gasteiger partial charge is 0.0978 e. The summed E-state index contributed by atoms with van der Waals surface area (Å²) >= 11 is 0. The minimum atomic E-state index is 0.802. The maximum absolute atomic E-state index is 5.24. The van der Waals surface area contributed by atoms with Crippen LogP contribution in [-0.2, 0) is 0 Å². The van der Waals surface area contributed by atoms with Crippen LogP contribution in [0.3, 0.4) is 0 Å². The molecule has 0 aliphatic heterocycles. The summed E-state index contributed by atoms with van der Waals surface area (Å²) in [5.74, 6) is 0. The lowest BCUT2D eigenvalue weighted by Crippen LogP contribution is -1.94. The Morgan fingerprint density at radius 1 is 0.333 bits per heavy atom. The molecule has 5 heterocycles. The van der Waals surface area contributed by atoms with Crippen LogP contribution in [0.25, 0.3) is 89.0 Å². The molecule has 224 valence electrons. The summed E-state index contributed by atoms with van der Waals surface area (Å²) in [4.78, 5) is 24.4. The van der Waals surface area contributed by atoms with E-state index in [1.807, 2.05) is 42.5 Å². The summed E-state index contributed by atoms with van der Waals surface area (Å²) in [5, 5.41) is 3.29. The van der Waals surface area contributed by atoms with Gasteiger partial charge in [0.05, 0.1) is 45.0 Å². The SMILES string of the molecule is c1ccc(-c2c3ccccc3nc3c2ccc2ccc(-c4ccc(-c5cc(-c6ccccn6)nc(-c6ccccn6)c5)cc4)nc23)cc1. The van der Waals surface area contributed by atoms with E-state index in [1.54, 1.807) is 12.4 Å². The molecule has 5 aromatic heterocycles. The van der Waals surface area contributed by atoms with Gasteiger partial charge in [0.1, 0.15) is 0 Å². The van der Waals surface area contributed by atoms with E-state index in [2.05, 4.69) is 119 Å². The van der Waals surface area contributed by atoms with Crippen molar-refractivity contribution in [1.29, 1.82) is 0 Å². The molecule has 9 aromatic rings. The fraction of sp³-hybridized carbons (Fsp3) is 0. The highest BCUT2D eigenvalue weighted by molar-refractivity contribution is 6.16. The standard InChI is InChI=1S/C43H27N5/c1-2-10-30(11-3-1)41-33-12-4-5-13-36(33)48-43-34(41)22-20-31-21-23-35(47-42(31)43)29-18-16-28(17-19-29)32-26-39(37-14-6-8-24-44-37)46-40(27-32)38-15-7-9-25-45-38/h1-27H. The third-order valence-electron chi connectivity index (χ3n) is 8.77. The maximum atomic E-state index is 5.24. The lowest BCUT2D eigenvalue weighted by atomic mass is 9.95. The van der Waals surface area contributed by atoms with Gasteiger partial charge in [-0.25, -0.2) is 15.0 Å². The Balaban J connectivity index is 1.16. The van der Waals surface area contributed by atoms with Gasteiger partial charge in [0.25, 0.3) is 0 Å². The molecule has 0 aliphatic carbocycles. The van der Waals surface area contributed by atoms with Gasteiger partial charge in [0.15, 0.2) is 0 Å². The van der Waals surface area contributed by atoms with E-state index in [-0.39, 0.29) is 0 Å². The highest BCUT2D eigenvalue weighted by Crippen LogP contribution is 2.38. The molecule has 0 N–H and O–H groups in total. The summed E-state index contributed by atoms with van der Waals surface area (Å²) in [5.41, 5.74) is 12.4. The molecule has 0 spiro atoms. The summed E-state index contributed by atoms with van der Waals surface area (Å²) in [6, 6.07) is 52.0. The first-order valence-electron chi connectivity index (χ1n) is 15.9. The number of para-hydroxylation sites is 1. The second kappa shape index (κ2) is 11.6. The third-order valence-corrected chi connectivity index (χ3v) is 8.77. The molecular weight excluding hydrogens is 587 g/mol. The van der Waals surface area contributed by atoms with Gasteiger partial charge in [-0.15, -0.1) is 0 Å². The number of hydrogen-bond donors (Lipinski definition) is 0. The van der Waals surface area contributed by atoms with Crippen molar-refractivity contribution in [3.63, 3.8) is 0 Å². The fourth-order valence-electron chi connectivity index (χ4n) is 6.43. The summed E-state index contributed by atoms with van der Waals surface area (Å²) in [6.45, 7) is 0. The Labute approximate surface area is 277 Å². The van der Waals surface area contributed by atoms with Crippen LogP contribution in [-0.4, -0.2) is 24.9 Å². The third kappa shape index (κ3) is 4.95. The van der Waals surface area contributed by atoms with E-state index in [1.165, 1.54) is 11.1 Å². The molecule has 4 aromatic carbocycles. The number of hydrogen-bond acceptors (Lipinski definition) is 5. The van der Waals surface area contributed by atoms with E-state index in [0.717, 1.165) is 77.9 Å². The van der Waals surface area contributed by atoms with Crippen molar-refractivity contribution >= 4 is 32.7 Å². The number of nitrogens with zero attached hydrogens (tertiary/aromatic N) is 5. The summed E-state index contributed by atoms with van der Waals surface area (Å²) in [6.07, 6.45) is 3.58. The van der Waals surface area contributed by atoms with Gasteiger partial charge in [0.2, 0.25) is 0 Å². The van der Waals surface area contributed by atoms with Gasteiger partial charge in [-0.1, -0.05) is 103 Å². The van der Waals surface area contributed by atoms with Crippen molar-refractivity contribution in [3.8, 4) is 56.3 Å². The molecule has 0 aliphatic rings. The molecule has 0 saturated heterocycles. The zero-order valence-corrected chi connectivity index (χ0v) is 25.8. The van der Waals surface area contributed by atoms with Crippen molar-refractivity contribution in [1.82, 2.24) is 24.9 Å². The number of pyridine rings is 5.